The molecule has 3 heteroatoms. The first-order valence-electron chi connectivity index (χ1n) is 6.26. The monoisotopic (exact) mass is 226 g/mol. The summed E-state index contributed by atoms with van der Waals surface area (Å²) < 4.78 is 5.64. The van der Waals surface area contributed by atoms with E-state index in [1.54, 1.807) is 0 Å². The number of rotatable bonds is 0. The van der Waals surface area contributed by atoms with Crippen molar-refractivity contribution in [3.05, 3.63) is 0 Å². The molecule has 0 aromatic rings. The van der Waals surface area contributed by atoms with Crippen LogP contribution in [0.15, 0.2) is 0 Å². The maximum Gasteiger partial charge on any atom is 0.306 e. The van der Waals surface area contributed by atoms with E-state index in [9.17, 15) is 9.90 Å². The summed E-state index contributed by atoms with van der Waals surface area (Å²) in [6.07, 6.45) is 3.63. The molecular weight excluding hydrogens is 204 g/mol. The molecule has 1 saturated heterocycles. The van der Waals surface area contributed by atoms with Crippen LogP contribution in [0.5, 0.6) is 0 Å². The van der Waals surface area contributed by atoms with E-state index >= 15 is 0 Å². The molecule has 1 aliphatic carbocycles. The highest BCUT2D eigenvalue weighted by molar-refractivity contribution is 5.70. The molecule has 2 rings (SSSR count). The Balaban J connectivity index is 2.31. The summed E-state index contributed by atoms with van der Waals surface area (Å²) in [6, 6.07) is 0. The zero-order valence-corrected chi connectivity index (χ0v) is 10.5. The van der Waals surface area contributed by atoms with E-state index in [1.807, 2.05) is 6.92 Å². The fraction of sp³-hybridized carbons (Fsp3) is 0.923. The van der Waals surface area contributed by atoms with Gasteiger partial charge in [-0.1, -0.05) is 13.8 Å². The van der Waals surface area contributed by atoms with Crippen LogP contribution in [0.1, 0.15) is 52.9 Å². The lowest BCUT2D eigenvalue weighted by atomic mass is 9.59. The highest BCUT2D eigenvalue weighted by Crippen LogP contribution is 2.51. The molecule has 1 N–H and O–H groups in total. The highest BCUT2D eigenvalue weighted by atomic mass is 16.6. The van der Waals surface area contributed by atoms with Crippen LogP contribution in [0, 0.1) is 11.3 Å². The number of carbonyl (C=O) groups excluding carboxylic acids is 1. The number of hydrogen-bond donors (Lipinski definition) is 1. The molecule has 0 bridgehead atoms. The fourth-order valence-corrected chi connectivity index (χ4v) is 3.55. The van der Waals surface area contributed by atoms with Gasteiger partial charge in [-0.2, -0.15) is 0 Å². The van der Waals surface area contributed by atoms with Gasteiger partial charge in [-0.05, 0) is 38.0 Å². The smallest absolute Gasteiger partial charge is 0.306 e. The van der Waals surface area contributed by atoms with Gasteiger partial charge in [-0.15, -0.1) is 0 Å². The van der Waals surface area contributed by atoms with E-state index in [0.717, 1.165) is 25.7 Å². The zero-order valence-electron chi connectivity index (χ0n) is 10.5. The van der Waals surface area contributed by atoms with E-state index in [2.05, 4.69) is 13.8 Å². The van der Waals surface area contributed by atoms with Crippen LogP contribution in [-0.2, 0) is 9.53 Å². The first kappa shape index (κ1) is 11.9. The molecule has 0 spiro atoms. The predicted octanol–water partition coefficient (Wildman–Crippen LogP) is 2.27. The van der Waals surface area contributed by atoms with E-state index in [1.165, 1.54) is 0 Å². The normalized spacial score (nSPS) is 43.1. The number of carbonyl (C=O) groups is 1. The summed E-state index contributed by atoms with van der Waals surface area (Å²) in [7, 11) is 0. The lowest BCUT2D eigenvalue weighted by molar-refractivity contribution is -0.185. The predicted molar refractivity (Wildman–Crippen MR) is 60.9 cm³/mol. The van der Waals surface area contributed by atoms with Gasteiger partial charge in [0.1, 0.15) is 5.60 Å². The summed E-state index contributed by atoms with van der Waals surface area (Å²) in [5.41, 5.74) is -0.520. The van der Waals surface area contributed by atoms with E-state index < -0.39 is 0 Å². The van der Waals surface area contributed by atoms with Crippen LogP contribution in [0.3, 0.4) is 0 Å². The average Bonchev–Trinajstić information content (AvgIpc) is 2.32. The number of aliphatic hydroxyl groups excluding tert-OH is 1. The van der Waals surface area contributed by atoms with Gasteiger partial charge >= 0.3 is 5.97 Å². The molecule has 1 heterocycles. The molecule has 0 aromatic carbocycles. The van der Waals surface area contributed by atoms with Crippen molar-refractivity contribution < 1.29 is 14.6 Å². The lowest BCUT2D eigenvalue weighted by Crippen LogP contribution is -2.54. The van der Waals surface area contributed by atoms with Crippen molar-refractivity contribution in [1.82, 2.24) is 0 Å². The first-order valence-corrected chi connectivity index (χ1v) is 6.26. The Morgan fingerprint density at radius 1 is 1.31 bits per heavy atom. The second-order valence-electron chi connectivity index (χ2n) is 6.11. The molecule has 1 saturated carbocycles. The minimum atomic E-state index is -0.365. The van der Waals surface area contributed by atoms with Crippen molar-refractivity contribution in [2.75, 3.05) is 0 Å². The second kappa shape index (κ2) is 3.73. The van der Waals surface area contributed by atoms with Gasteiger partial charge in [-0.25, -0.2) is 0 Å². The Morgan fingerprint density at radius 2 is 2.00 bits per heavy atom. The Labute approximate surface area is 97.2 Å². The SMILES string of the molecule is CC1(C)C2CCCC(=O)O[C@@]2(C)CC[C@@H]1O. The van der Waals surface area contributed by atoms with Gasteiger partial charge in [0.05, 0.1) is 6.10 Å². The summed E-state index contributed by atoms with van der Waals surface area (Å²) in [5.74, 6) is 0.201. The second-order valence-corrected chi connectivity index (χ2v) is 6.11. The first-order chi connectivity index (χ1) is 7.36. The standard InChI is InChI=1S/C13H22O3/c1-12(2)9-5-4-6-11(15)16-13(9,3)8-7-10(12)14/h9-10,14H,4-8H2,1-3H3/t9?,10-,13-/m0/s1. The van der Waals surface area contributed by atoms with Crippen molar-refractivity contribution in [2.24, 2.45) is 11.3 Å². The molecule has 0 amide bonds. The fourth-order valence-electron chi connectivity index (χ4n) is 3.55. The van der Waals surface area contributed by atoms with Crippen LogP contribution in [0.2, 0.25) is 0 Å². The van der Waals surface area contributed by atoms with Gasteiger partial charge in [0.15, 0.2) is 0 Å². The van der Waals surface area contributed by atoms with Gasteiger partial charge in [0.2, 0.25) is 0 Å². The lowest BCUT2D eigenvalue weighted by Gasteiger charge is -2.51. The van der Waals surface area contributed by atoms with Gasteiger partial charge in [0.25, 0.3) is 0 Å². The largest absolute Gasteiger partial charge is 0.459 e. The molecule has 2 fully saturated rings. The van der Waals surface area contributed by atoms with E-state index in [0.29, 0.717) is 6.42 Å². The molecule has 2 aliphatic rings. The highest BCUT2D eigenvalue weighted by Gasteiger charge is 2.53. The number of esters is 1. The van der Waals surface area contributed by atoms with Crippen LogP contribution < -0.4 is 0 Å². The molecule has 1 unspecified atom stereocenters. The Kier molecular flexibility index (Phi) is 2.77. The van der Waals surface area contributed by atoms with Gasteiger partial charge < -0.3 is 9.84 Å². The van der Waals surface area contributed by atoms with Crippen LogP contribution in [0.4, 0.5) is 0 Å². The third-order valence-electron chi connectivity index (χ3n) is 4.63. The minimum absolute atomic E-state index is 0.0720. The third kappa shape index (κ3) is 1.75. The van der Waals surface area contributed by atoms with Gasteiger partial charge in [-0.3, -0.25) is 4.79 Å². The molecule has 92 valence electrons. The van der Waals surface area contributed by atoms with Crippen LogP contribution in [-0.4, -0.2) is 22.8 Å². The summed E-state index contributed by atoms with van der Waals surface area (Å²) in [5, 5.41) is 10.1. The summed E-state index contributed by atoms with van der Waals surface area (Å²) >= 11 is 0. The number of hydrogen-bond acceptors (Lipinski definition) is 3. The quantitative estimate of drug-likeness (QED) is 0.644. The number of fused-ring (bicyclic) bond motifs is 1. The van der Waals surface area contributed by atoms with E-state index in [4.69, 9.17) is 4.74 Å². The molecular formula is C13H22O3. The molecule has 0 radical (unpaired) electrons. The summed E-state index contributed by atoms with van der Waals surface area (Å²) in [4.78, 5) is 11.6. The van der Waals surface area contributed by atoms with Gasteiger partial charge in [0, 0.05) is 12.3 Å². The van der Waals surface area contributed by atoms with Crippen molar-refractivity contribution in [1.29, 1.82) is 0 Å². The third-order valence-corrected chi connectivity index (χ3v) is 4.63. The van der Waals surface area contributed by atoms with Crippen molar-refractivity contribution in [2.45, 2.75) is 64.6 Å². The average molecular weight is 226 g/mol. The topological polar surface area (TPSA) is 46.5 Å². The van der Waals surface area contributed by atoms with E-state index in [-0.39, 0.29) is 29.0 Å². The maximum absolute atomic E-state index is 11.6. The zero-order chi connectivity index (χ0) is 12.0. The van der Waals surface area contributed by atoms with Crippen molar-refractivity contribution in [3.63, 3.8) is 0 Å². The number of ether oxygens (including phenoxy) is 1. The Bertz CT molecular complexity index is 298. The molecule has 1 aliphatic heterocycles. The van der Waals surface area contributed by atoms with Crippen molar-refractivity contribution in [3.8, 4) is 0 Å². The summed E-state index contributed by atoms with van der Waals surface area (Å²) in [6.45, 7) is 6.23. The molecule has 16 heavy (non-hydrogen) atoms. The maximum atomic E-state index is 11.6. The molecule has 3 nitrogen and oxygen atoms in total. The van der Waals surface area contributed by atoms with Crippen molar-refractivity contribution >= 4 is 5.97 Å². The molecule has 3 atom stereocenters. The number of aliphatic hydroxyl groups is 1. The Hall–Kier alpha value is -0.570. The minimum Gasteiger partial charge on any atom is -0.459 e. The molecule has 0 aromatic heterocycles. The Morgan fingerprint density at radius 3 is 2.69 bits per heavy atom. The van der Waals surface area contributed by atoms with Crippen LogP contribution >= 0.6 is 0 Å². The van der Waals surface area contributed by atoms with Crippen LogP contribution in [0.25, 0.3) is 0 Å².